The molecule has 1 heterocycles. The molecule has 1 aromatic rings. The lowest BCUT2D eigenvalue weighted by molar-refractivity contribution is 0.0690. The van der Waals surface area contributed by atoms with E-state index in [-0.39, 0.29) is 5.69 Å². The standard InChI is InChI=1S/C8H8BrNO2/c1-4-3-6(8(11)12)10-5(2)7(4)9/h3H,1-2H3,(H,11,12). The van der Waals surface area contributed by atoms with Crippen molar-refractivity contribution in [3.63, 3.8) is 0 Å². The van der Waals surface area contributed by atoms with Crippen molar-refractivity contribution in [1.29, 1.82) is 0 Å². The smallest absolute Gasteiger partial charge is 0.354 e. The van der Waals surface area contributed by atoms with Crippen LogP contribution in [0.3, 0.4) is 0 Å². The number of halogens is 1. The van der Waals surface area contributed by atoms with E-state index in [2.05, 4.69) is 20.9 Å². The number of carbonyl (C=O) groups is 1. The monoisotopic (exact) mass is 229 g/mol. The molecule has 0 atom stereocenters. The molecule has 1 aromatic heterocycles. The summed E-state index contributed by atoms with van der Waals surface area (Å²) in [5.41, 5.74) is 1.68. The average molecular weight is 230 g/mol. The van der Waals surface area contributed by atoms with Gasteiger partial charge in [0.15, 0.2) is 0 Å². The molecule has 4 heteroatoms. The summed E-state index contributed by atoms with van der Waals surface area (Å²) in [4.78, 5) is 14.4. The molecular weight excluding hydrogens is 222 g/mol. The molecule has 1 rings (SSSR count). The molecule has 0 bridgehead atoms. The number of aromatic nitrogens is 1. The molecule has 0 aliphatic carbocycles. The largest absolute Gasteiger partial charge is 0.477 e. The Hall–Kier alpha value is -0.900. The van der Waals surface area contributed by atoms with E-state index in [1.54, 1.807) is 13.0 Å². The fraction of sp³-hybridized carbons (Fsp3) is 0.250. The van der Waals surface area contributed by atoms with Crippen molar-refractivity contribution in [2.24, 2.45) is 0 Å². The average Bonchev–Trinajstić information content (AvgIpc) is 1.99. The highest BCUT2D eigenvalue weighted by molar-refractivity contribution is 9.10. The van der Waals surface area contributed by atoms with E-state index >= 15 is 0 Å². The lowest BCUT2D eigenvalue weighted by Crippen LogP contribution is -2.02. The van der Waals surface area contributed by atoms with Gasteiger partial charge in [0.25, 0.3) is 0 Å². The highest BCUT2D eigenvalue weighted by atomic mass is 79.9. The second-order valence-electron chi connectivity index (χ2n) is 2.53. The van der Waals surface area contributed by atoms with Crippen LogP contribution in [0.4, 0.5) is 0 Å². The number of pyridine rings is 1. The summed E-state index contributed by atoms with van der Waals surface area (Å²) in [5, 5.41) is 8.65. The molecule has 0 radical (unpaired) electrons. The Labute approximate surface area is 78.6 Å². The van der Waals surface area contributed by atoms with E-state index in [9.17, 15) is 4.79 Å². The fourth-order valence-electron chi connectivity index (χ4n) is 0.925. The lowest BCUT2D eigenvalue weighted by Gasteiger charge is -2.02. The van der Waals surface area contributed by atoms with Gasteiger partial charge >= 0.3 is 5.97 Å². The van der Waals surface area contributed by atoms with Gasteiger partial charge in [0, 0.05) is 4.47 Å². The molecule has 0 unspecified atom stereocenters. The van der Waals surface area contributed by atoms with Crippen molar-refractivity contribution >= 4 is 21.9 Å². The number of carboxylic acid groups (broad SMARTS) is 1. The van der Waals surface area contributed by atoms with Crippen molar-refractivity contribution in [3.8, 4) is 0 Å². The van der Waals surface area contributed by atoms with Crippen LogP contribution >= 0.6 is 15.9 Å². The lowest BCUT2D eigenvalue weighted by atomic mass is 10.2. The molecule has 3 nitrogen and oxygen atoms in total. The molecule has 0 saturated carbocycles. The Morgan fingerprint density at radius 2 is 2.17 bits per heavy atom. The van der Waals surface area contributed by atoms with Crippen molar-refractivity contribution in [2.45, 2.75) is 13.8 Å². The van der Waals surface area contributed by atoms with Crippen LogP contribution in [-0.2, 0) is 0 Å². The van der Waals surface area contributed by atoms with Crippen LogP contribution in [0, 0.1) is 13.8 Å². The molecule has 0 aliphatic rings. The Kier molecular flexibility index (Phi) is 2.47. The molecule has 0 saturated heterocycles. The van der Waals surface area contributed by atoms with Gasteiger partial charge in [-0.2, -0.15) is 0 Å². The van der Waals surface area contributed by atoms with E-state index in [4.69, 9.17) is 5.11 Å². The Balaban J connectivity index is 3.31. The van der Waals surface area contributed by atoms with Gasteiger partial charge in [0.2, 0.25) is 0 Å². The first-order chi connectivity index (χ1) is 5.52. The zero-order valence-corrected chi connectivity index (χ0v) is 8.34. The van der Waals surface area contributed by atoms with Gasteiger partial charge in [-0.1, -0.05) is 0 Å². The maximum absolute atomic E-state index is 10.5. The van der Waals surface area contributed by atoms with Crippen LogP contribution in [0.25, 0.3) is 0 Å². The topological polar surface area (TPSA) is 50.2 Å². The first-order valence-electron chi connectivity index (χ1n) is 3.39. The Morgan fingerprint density at radius 1 is 1.58 bits per heavy atom. The van der Waals surface area contributed by atoms with Crippen LogP contribution in [0.5, 0.6) is 0 Å². The second kappa shape index (κ2) is 3.23. The normalized spacial score (nSPS) is 9.92. The molecular formula is C8H8BrNO2. The number of hydrogen-bond donors (Lipinski definition) is 1. The highest BCUT2D eigenvalue weighted by Gasteiger charge is 2.08. The van der Waals surface area contributed by atoms with Crippen LogP contribution < -0.4 is 0 Å². The third-order valence-corrected chi connectivity index (χ3v) is 2.72. The molecule has 0 aliphatic heterocycles. The summed E-state index contributed by atoms with van der Waals surface area (Å²) in [5.74, 6) is -0.992. The van der Waals surface area contributed by atoms with Gasteiger partial charge in [-0.25, -0.2) is 9.78 Å². The van der Waals surface area contributed by atoms with Crippen molar-refractivity contribution in [2.75, 3.05) is 0 Å². The van der Waals surface area contributed by atoms with Crippen LogP contribution in [0.2, 0.25) is 0 Å². The summed E-state index contributed by atoms with van der Waals surface area (Å²) >= 11 is 3.31. The van der Waals surface area contributed by atoms with Crippen LogP contribution in [0.1, 0.15) is 21.7 Å². The number of aromatic carboxylic acids is 1. The summed E-state index contributed by atoms with van der Waals surface area (Å²) in [7, 11) is 0. The van der Waals surface area contributed by atoms with E-state index in [1.165, 1.54) is 0 Å². The molecule has 0 amide bonds. The first kappa shape index (κ1) is 9.19. The predicted octanol–water partition coefficient (Wildman–Crippen LogP) is 2.16. The molecule has 0 spiro atoms. The SMILES string of the molecule is Cc1cc(C(=O)O)nc(C)c1Br. The van der Waals surface area contributed by atoms with Crippen molar-refractivity contribution < 1.29 is 9.90 Å². The molecule has 1 N–H and O–H groups in total. The fourth-order valence-corrected chi connectivity index (χ4v) is 1.13. The number of hydrogen-bond acceptors (Lipinski definition) is 2. The minimum absolute atomic E-state index is 0.0909. The maximum atomic E-state index is 10.5. The van der Waals surface area contributed by atoms with Gasteiger partial charge in [0.05, 0.1) is 5.69 Å². The minimum Gasteiger partial charge on any atom is -0.477 e. The minimum atomic E-state index is -0.992. The van der Waals surface area contributed by atoms with E-state index in [0.29, 0.717) is 5.69 Å². The summed E-state index contributed by atoms with van der Waals surface area (Å²) < 4.78 is 0.868. The third-order valence-electron chi connectivity index (χ3n) is 1.52. The zero-order chi connectivity index (χ0) is 9.30. The van der Waals surface area contributed by atoms with Crippen molar-refractivity contribution in [3.05, 3.63) is 27.5 Å². The van der Waals surface area contributed by atoms with Gasteiger partial charge in [-0.15, -0.1) is 0 Å². The second-order valence-corrected chi connectivity index (χ2v) is 3.32. The van der Waals surface area contributed by atoms with Crippen molar-refractivity contribution in [1.82, 2.24) is 4.98 Å². The summed E-state index contributed by atoms with van der Waals surface area (Å²) in [6, 6.07) is 1.54. The number of nitrogens with zero attached hydrogens (tertiary/aromatic N) is 1. The zero-order valence-electron chi connectivity index (χ0n) is 6.76. The number of carboxylic acids is 1. The van der Waals surface area contributed by atoms with Crippen LogP contribution in [0.15, 0.2) is 10.5 Å². The van der Waals surface area contributed by atoms with E-state index in [1.807, 2.05) is 6.92 Å². The summed E-state index contributed by atoms with van der Waals surface area (Å²) in [6.07, 6.45) is 0. The predicted molar refractivity (Wildman–Crippen MR) is 48.4 cm³/mol. The number of aryl methyl sites for hydroxylation is 2. The highest BCUT2D eigenvalue weighted by Crippen LogP contribution is 2.19. The van der Waals surface area contributed by atoms with E-state index in [0.717, 1.165) is 10.0 Å². The first-order valence-corrected chi connectivity index (χ1v) is 4.18. The van der Waals surface area contributed by atoms with Gasteiger partial charge in [-0.3, -0.25) is 0 Å². The number of rotatable bonds is 1. The molecule has 64 valence electrons. The summed E-state index contributed by atoms with van der Waals surface area (Å²) in [6.45, 7) is 3.61. The molecule has 0 aromatic carbocycles. The Bertz CT molecular complexity index is 313. The van der Waals surface area contributed by atoms with Crippen LogP contribution in [-0.4, -0.2) is 16.1 Å². The maximum Gasteiger partial charge on any atom is 0.354 e. The quantitative estimate of drug-likeness (QED) is 0.804. The third kappa shape index (κ3) is 1.64. The van der Waals surface area contributed by atoms with Gasteiger partial charge in [0.1, 0.15) is 5.69 Å². The molecule has 12 heavy (non-hydrogen) atoms. The van der Waals surface area contributed by atoms with Gasteiger partial charge in [-0.05, 0) is 41.4 Å². The molecule has 0 fully saturated rings. The Morgan fingerprint density at radius 3 is 2.58 bits per heavy atom. The van der Waals surface area contributed by atoms with E-state index < -0.39 is 5.97 Å². The van der Waals surface area contributed by atoms with Gasteiger partial charge < -0.3 is 5.11 Å².